The Morgan fingerprint density at radius 3 is 3.03 bits per heavy atom. The van der Waals surface area contributed by atoms with Gasteiger partial charge >= 0.3 is 0 Å². The smallest absolute Gasteiger partial charge is 0.234 e. The van der Waals surface area contributed by atoms with Crippen molar-refractivity contribution in [3.05, 3.63) is 46.3 Å². The first-order valence-corrected chi connectivity index (χ1v) is 11.6. The maximum absolute atomic E-state index is 12.4. The number of nitrogens with zero attached hydrogens (tertiary/aromatic N) is 3. The summed E-state index contributed by atoms with van der Waals surface area (Å²) in [7, 11) is 0. The maximum Gasteiger partial charge on any atom is 0.234 e. The van der Waals surface area contributed by atoms with Crippen molar-refractivity contribution in [2.75, 3.05) is 17.7 Å². The first kappa shape index (κ1) is 20.4. The molecule has 9 heteroatoms. The average molecular weight is 449 g/mol. The fourth-order valence-electron chi connectivity index (χ4n) is 3.14. The number of thioether (sulfide) groups is 1. The summed E-state index contributed by atoms with van der Waals surface area (Å²) < 4.78 is 7.88. The number of aromatic nitrogens is 3. The van der Waals surface area contributed by atoms with E-state index in [0.29, 0.717) is 17.3 Å². The molecule has 1 aromatic carbocycles. The van der Waals surface area contributed by atoms with Crippen molar-refractivity contribution in [2.45, 2.75) is 37.6 Å². The number of aryl methyl sites for hydroxylation is 1. The molecule has 0 spiro atoms. The van der Waals surface area contributed by atoms with Crippen molar-refractivity contribution in [2.24, 2.45) is 0 Å². The van der Waals surface area contributed by atoms with Crippen molar-refractivity contribution in [1.29, 1.82) is 0 Å². The van der Waals surface area contributed by atoms with E-state index in [9.17, 15) is 4.79 Å². The molecule has 29 heavy (non-hydrogen) atoms. The summed E-state index contributed by atoms with van der Waals surface area (Å²) in [6.07, 6.45) is 2.26. The Morgan fingerprint density at radius 2 is 2.31 bits per heavy atom. The normalized spacial score (nSPS) is 16.3. The zero-order valence-corrected chi connectivity index (χ0v) is 18.3. The fourth-order valence-corrected chi connectivity index (χ4v) is 4.78. The predicted octanol–water partition coefficient (Wildman–Crippen LogP) is 4.88. The molecule has 2 aromatic heterocycles. The highest BCUT2D eigenvalue weighted by molar-refractivity contribution is 7.99. The third-order valence-corrected chi connectivity index (χ3v) is 6.90. The predicted molar refractivity (Wildman–Crippen MR) is 118 cm³/mol. The molecule has 3 aromatic rings. The molecule has 0 bridgehead atoms. The molecule has 1 amide bonds. The quantitative estimate of drug-likeness (QED) is 0.522. The monoisotopic (exact) mass is 448 g/mol. The van der Waals surface area contributed by atoms with Gasteiger partial charge in [-0.25, -0.2) is 0 Å². The number of anilines is 1. The Morgan fingerprint density at radius 1 is 1.41 bits per heavy atom. The van der Waals surface area contributed by atoms with E-state index in [2.05, 4.69) is 20.1 Å². The summed E-state index contributed by atoms with van der Waals surface area (Å²) >= 11 is 9.14. The van der Waals surface area contributed by atoms with Gasteiger partial charge in [-0.2, -0.15) is 0 Å². The number of amides is 1. The van der Waals surface area contributed by atoms with E-state index < -0.39 is 0 Å². The van der Waals surface area contributed by atoms with Crippen LogP contribution in [0.25, 0.3) is 10.7 Å². The Labute approximate surface area is 182 Å². The number of carbonyl (C=O) groups is 1. The molecule has 1 unspecified atom stereocenters. The van der Waals surface area contributed by atoms with E-state index in [4.69, 9.17) is 16.3 Å². The van der Waals surface area contributed by atoms with Crippen LogP contribution in [0.1, 0.15) is 18.4 Å². The lowest BCUT2D eigenvalue weighted by atomic mass is 10.2. The summed E-state index contributed by atoms with van der Waals surface area (Å²) in [6, 6.07) is 9.52. The molecular weight excluding hydrogens is 428 g/mol. The molecule has 1 fully saturated rings. The topological polar surface area (TPSA) is 69.0 Å². The van der Waals surface area contributed by atoms with E-state index in [1.54, 1.807) is 17.4 Å². The van der Waals surface area contributed by atoms with Gasteiger partial charge in [0.25, 0.3) is 0 Å². The van der Waals surface area contributed by atoms with Gasteiger partial charge in [-0.05, 0) is 48.9 Å². The van der Waals surface area contributed by atoms with Crippen LogP contribution in [-0.2, 0) is 16.1 Å². The van der Waals surface area contributed by atoms with Crippen LogP contribution in [0.3, 0.4) is 0 Å². The molecule has 0 aliphatic carbocycles. The van der Waals surface area contributed by atoms with E-state index in [1.165, 1.54) is 11.8 Å². The number of ether oxygens (including phenoxy) is 1. The lowest BCUT2D eigenvalue weighted by Gasteiger charge is -2.14. The zero-order chi connectivity index (χ0) is 20.2. The second-order valence-corrected chi connectivity index (χ2v) is 9.13. The van der Waals surface area contributed by atoms with Crippen molar-refractivity contribution in [3.63, 3.8) is 0 Å². The largest absolute Gasteiger partial charge is 0.376 e. The molecule has 3 heterocycles. The third-order valence-electron chi connectivity index (χ3n) is 4.66. The first-order valence-electron chi connectivity index (χ1n) is 9.37. The van der Waals surface area contributed by atoms with Gasteiger partial charge in [0, 0.05) is 17.3 Å². The van der Waals surface area contributed by atoms with Gasteiger partial charge in [0.1, 0.15) is 0 Å². The van der Waals surface area contributed by atoms with Crippen LogP contribution in [0.15, 0.2) is 40.9 Å². The lowest BCUT2D eigenvalue weighted by molar-refractivity contribution is -0.113. The Bertz CT molecular complexity index is 985. The third kappa shape index (κ3) is 5.01. The molecule has 152 valence electrons. The molecule has 0 radical (unpaired) electrons. The number of rotatable bonds is 7. The minimum Gasteiger partial charge on any atom is -0.376 e. The van der Waals surface area contributed by atoms with Crippen LogP contribution in [0, 0.1) is 6.92 Å². The lowest BCUT2D eigenvalue weighted by Crippen LogP contribution is -2.18. The molecule has 0 saturated carbocycles. The van der Waals surface area contributed by atoms with Gasteiger partial charge in [0.15, 0.2) is 11.0 Å². The highest BCUT2D eigenvalue weighted by atomic mass is 35.5. The standard InChI is InChI=1S/C20H21ClN4O2S2/c1-13-6-7-14(10-16(13)21)22-18(26)12-29-20-24-23-19(17-5-3-9-28-17)25(20)11-15-4-2-8-27-15/h3,5-7,9-10,15H,2,4,8,11-12H2,1H3,(H,22,26). The Kier molecular flexibility index (Phi) is 6.54. The summed E-state index contributed by atoms with van der Waals surface area (Å²) in [5, 5.41) is 15.0. The van der Waals surface area contributed by atoms with Crippen LogP contribution in [0.4, 0.5) is 5.69 Å². The molecule has 1 aliphatic heterocycles. The minimum atomic E-state index is -0.112. The van der Waals surface area contributed by atoms with Gasteiger partial charge < -0.3 is 10.1 Å². The summed E-state index contributed by atoms with van der Waals surface area (Å²) in [6.45, 7) is 3.42. The number of nitrogens with one attached hydrogen (secondary N) is 1. The van der Waals surface area contributed by atoms with Crippen molar-refractivity contribution in [3.8, 4) is 10.7 Å². The average Bonchev–Trinajstić information content (AvgIpc) is 3.45. The molecule has 1 saturated heterocycles. The SMILES string of the molecule is Cc1ccc(NC(=O)CSc2nnc(-c3cccs3)n2CC2CCCO2)cc1Cl. The second kappa shape index (κ2) is 9.30. The van der Waals surface area contributed by atoms with E-state index in [-0.39, 0.29) is 17.8 Å². The minimum absolute atomic E-state index is 0.112. The van der Waals surface area contributed by atoms with Crippen LogP contribution >= 0.6 is 34.7 Å². The number of halogens is 1. The van der Waals surface area contributed by atoms with Crippen molar-refractivity contribution < 1.29 is 9.53 Å². The van der Waals surface area contributed by atoms with Crippen LogP contribution < -0.4 is 5.32 Å². The zero-order valence-electron chi connectivity index (χ0n) is 15.9. The highest BCUT2D eigenvalue weighted by Gasteiger charge is 2.22. The van der Waals surface area contributed by atoms with Gasteiger partial charge in [-0.3, -0.25) is 9.36 Å². The van der Waals surface area contributed by atoms with Crippen molar-refractivity contribution in [1.82, 2.24) is 14.8 Å². The van der Waals surface area contributed by atoms with Gasteiger partial charge in [-0.1, -0.05) is 35.5 Å². The van der Waals surface area contributed by atoms with Crippen molar-refractivity contribution >= 4 is 46.3 Å². The maximum atomic E-state index is 12.4. The van der Waals surface area contributed by atoms with Gasteiger partial charge in [0.05, 0.1) is 23.3 Å². The Balaban J connectivity index is 1.46. The first-order chi connectivity index (χ1) is 14.1. The molecular formula is C20H21ClN4O2S2. The number of hydrogen-bond acceptors (Lipinski definition) is 6. The van der Waals surface area contributed by atoms with Crippen LogP contribution in [0.2, 0.25) is 5.02 Å². The molecule has 1 aliphatic rings. The molecule has 1 N–H and O–H groups in total. The molecule has 1 atom stereocenters. The molecule has 4 rings (SSSR count). The van der Waals surface area contributed by atoms with Crippen LogP contribution in [0.5, 0.6) is 0 Å². The van der Waals surface area contributed by atoms with Crippen LogP contribution in [-0.4, -0.2) is 39.1 Å². The van der Waals surface area contributed by atoms with Gasteiger partial charge in [0.2, 0.25) is 5.91 Å². The summed E-state index contributed by atoms with van der Waals surface area (Å²) in [4.78, 5) is 13.5. The Hall–Kier alpha value is -1.87. The van der Waals surface area contributed by atoms with E-state index in [0.717, 1.165) is 40.9 Å². The number of hydrogen-bond donors (Lipinski definition) is 1. The highest BCUT2D eigenvalue weighted by Crippen LogP contribution is 2.29. The molecule has 6 nitrogen and oxygen atoms in total. The van der Waals surface area contributed by atoms with Gasteiger partial charge in [-0.15, -0.1) is 21.5 Å². The number of carbonyl (C=O) groups excluding carboxylic acids is 1. The summed E-state index contributed by atoms with van der Waals surface area (Å²) in [5.41, 5.74) is 1.66. The van der Waals surface area contributed by atoms with E-state index in [1.807, 2.05) is 36.6 Å². The summed E-state index contributed by atoms with van der Waals surface area (Å²) in [5.74, 6) is 0.947. The number of thiophene rings is 1. The fraction of sp³-hybridized carbons (Fsp3) is 0.350. The van der Waals surface area contributed by atoms with E-state index >= 15 is 0 Å². The number of benzene rings is 1. The second-order valence-electron chi connectivity index (χ2n) is 6.83.